The van der Waals surface area contributed by atoms with Gasteiger partial charge >= 0.3 is 0 Å². The minimum atomic E-state index is 0.280. The van der Waals surface area contributed by atoms with Crippen LogP contribution in [0.15, 0.2) is 11.6 Å². The summed E-state index contributed by atoms with van der Waals surface area (Å²) in [6.45, 7) is 3.19. The lowest BCUT2D eigenvalue weighted by molar-refractivity contribution is 0.378. The average Bonchev–Trinajstić information content (AvgIpc) is 3.14. The minimum Gasteiger partial charge on any atom is -0.330 e. The molecule has 0 aliphatic heterocycles. The van der Waals surface area contributed by atoms with Gasteiger partial charge in [-0.1, -0.05) is 50.7 Å². The molecular weight excluding hydrogens is 206 g/mol. The smallest absolute Gasteiger partial charge is 0.00116 e. The molecular formula is C16H29N. The molecule has 0 amide bonds. The lowest BCUT2D eigenvalue weighted by Crippen LogP contribution is -2.25. The Bertz CT molecular complexity index is 265. The van der Waals surface area contributed by atoms with Gasteiger partial charge in [-0.3, -0.25) is 0 Å². The quantitative estimate of drug-likeness (QED) is 0.704. The van der Waals surface area contributed by atoms with Gasteiger partial charge in [-0.05, 0) is 43.4 Å². The zero-order valence-electron chi connectivity index (χ0n) is 11.5. The first-order valence-electron chi connectivity index (χ1n) is 7.65. The maximum Gasteiger partial charge on any atom is 0.00116 e. The Balaban J connectivity index is 2.06. The summed E-state index contributed by atoms with van der Waals surface area (Å²) in [6, 6.07) is 0. The number of rotatable bonds is 2. The van der Waals surface area contributed by atoms with E-state index < -0.39 is 0 Å². The molecule has 0 aromatic carbocycles. The number of allylic oxidation sites excluding steroid dienone is 1. The zero-order valence-corrected chi connectivity index (χ0v) is 11.5. The summed E-state index contributed by atoms with van der Waals surface area (Å²) < 4.78 is 0. The van der Waals surface area contributed by atoms with Crippen LogP contribution in [-0.2, 0) is 0 Å². The first-order valence-corrected chi connectivity index (χ1v) is 7.65. The van der Waals surface area contributed by atoms with Crippen LogP contribution in [0.4, 0.5) is 0 Å². The van der Waals surface area contributed by atoms with Gasteiger partial charge in [0.2, 0.25) is 0 Å². The lowest BCUT2D eigenvalue weighted by Gasteiger charge is -2.26. The molecule has 1 nitrogen and oxygen atoms in total. The highest BCUT2D eigenvalue weighted by atomic mass is 14.6. The van der Waals surface area contributed by atoms with Gasteiger partial charge in [0.05, 0.1) is 0 Å². The highest BCUT2D eigenvalue weighted by Gasteiger charge is 2.29. The molecule has 1 atom stereocenters. The molecule has 17 heavy (non-hydrogen) atoms. The van der Waals surface area contributed by atoms with Crippen molar-refractivity contribution in [3.8, 4) is 0 Å². The van der Waals surface area contributed by atoms with Crippen LogP contribution in [0.5, 0.6) is 0 Å². The maximum atomic E-state index is 6.03. The normalized spacial score (nSPS) is 35.8. The molecule has 0 bridgehead atoms. The first-order chi connectivity index (χ1) is 8.23. The summed E-state index contributed by atoms with van der Waals surface area (Å²) in [4.78, 5) is 0. The van der Waals surface area contributed by atoms with Gasteiger partial charge in [0.15, 0.2) is 0 Å². The molecule has 0 spiro atoms. The topological polar surface area (TPSA) is 26.0 Å². The lowest BCUT2D eigenvalue weighted by atomic mass is 9.81. The molecule has 1 saturated carbocycles. The highest BCUT2D eigenvalue weighted by molar-refractivity contribution is 5.17. The Labute approximate surface area is 107 Å². The van der Waals surface area contributed by atoms with Crippen molar-refractivity contribution in [2.24, 2.45) is 17.1 Å². The van der Waals surface area contributed by atoms with Crippen LogP contribution in [0.2, 0.25) is 0 Å². The Hall–Kier alpha value is -0.300. The average molecular weight is 235 g/mol. The van der Waals surface area contributed by atoms with E-state index in [2.05, 4.69) is 13.0 Å². The molecule has 2 aliphatic rings. The number of nitrogens with two attached hydrogens (primary N) is 1. The monoisotopic (exact) mass is 235 g/mol. The van der Waals surface area contributed by atoms with Crippen LogP contribution in [-0.4, -0.2) is 6.54 Å². The summed E-state index contributed by atoms with van der Waals surface area (Å²) in [5.74, 6) is 0.932. The molecule has 98 valence electrons. The molecule has 0 aromatic rings. The standard InChI is InChI=1S/C16H29N/c1-16(13-17)11-7-5-3-2-4-6-8-15(12-16)14-9-10-14/h12,14H,2-11,13,17H2,1H3/b15-12+. The van der Waals surface area contributed by atoms with E-state index in [0.717, 1.165) is 12.5 Å². The van der Waals surface area contributed by atoms with E-state index in [0.29, 0.717) is 0 Å². The van der Waals surface area contributed by atoms with Crippen molar-refractivity contribution in [1.82, 2.24) is 0 Å². The summed E-state index contributed by atoms with van der Waals surface area (Å²) in [5.41, 5.74) is 8.06. The van der Waals surface area contributed by atoms with Gasteiger partial charge in [-0.2, -0.15) is 0 Å². The summed E-state index contributed by atoms with van der Waals surface area (Å²) in [6.07, 6.45) is 16.6. The van der Waals surface area contributed by atoms with Gasteiger partial charge in [-0.25, -0.2) is 0 Å². The number of hydrogen-bond acceptors (Lipinski definition) is 1. The third-order valence-corrected chi connectivity index (χ3v) is 4.57. The van der Waals surface area contributed by atoms with Crippen molar-refractivity contribution < 1.29 is 0 Å². The van der Waals surface area contributed by atoms with Crippen molar-refractivity contribution in [3.05, 3.63) is 11.6 Å². The third kappa shape index (κ3) is 4.13. The van der Waals surface area contributed by atoms with Crippen molar-refractivity contribution >= 4 is 0 Å². The first kappa shape index (κ1) is 13.1. The van der Waals surface area contributed by atoms with Crippen LogP contribution in [0.3, 0.4) is 0 Å². The third-order valence-electron chi connectivity index (χ3n) is 4.57. The fourth-order valence-corrected chi connectivity index (χ4v) is 3.09. The van der Waals surface area contributed by atoms with Gasteiger partial charge in [0.1, 0.15) is 0 Å². The summed E-state index contributed by atoms with van der Waals surface area (Å²) in [7, 11) is 0. The van der Waals surface area contributed by atoms with E-state index in [9.17, 15) is 0 Å². The van der Waals surface area contributed by atoms with Crippen LogP contribution in [0.25, 0.3) is 0 Å². The predicted molar refractivity (Wildman–Crippen MR) is 74.9 cm³/mol. The largest absolute Gasteiger partial charge is 0.330 e. The molecule has 2 aliphatic carbocycles. The van der Waals surface area contributed by atoms with Crippen molar-refractivity contribution in [1.29, 1.82) is 0 Å². The Kier molecular flexibility index (Phi) is 4.67. The van der Waals surface area contributed by atoms with Crippen LogP contribution in [0.1, 0.15) is 71.1 Å². The SMILES string of the molecule is CC1(CN)/C=C(/C2CC2)CCCCCCCC1. The Morgan fingerprint density at radius 3 is 2.41 bits per heavy atom. The van der Waals surface area contributed by atoms with Crippen molar-refractivity contribution in [2.45, 2.75) is 71.1 Å². The second-order valence-electron chi connectivity index (χ2n) is 6.47. The fourth-order valence-electron chi connectivity index (χ4n) is 3.09. The minimum absolute atomic E-state index is 0.280. The molecule has 0 radical (unpaired) electrons. The van der Waals surface area contributed by atoms with Crippen molar-refractivity contribution in [2.75, 3.05) is 6.54 Å². The Morgan fingerprint density at radius 1 is 1.12 bits per heavy atom. The van der Waals surface area contributed by atoms with E-state index in [1.54, 1.807) is 5.57 Å². The summed E-state index contributed by atoms with van der Waals surface area (Å²) in [5, 5.41) is 0. The number of hydrogen-bond donors (Lipinski definition) is 1. The molecule has 2 rings (SSSR count). The predicted octanol–water partition coefficient (Wildman–Crippen LogP) is 4.42. The Morgan fingerprint density at radius 2 is 1.76 bits per heavy atom. The fraction of sp³-hybridized carbons (Fsp3) is 0.875. The second kappa shape index (κ2) is 6.04. The van der Waals surface area contributed by atoms with E-state index >= 15 is 0 Å². The molecule has 2 N–H and O–H groups in total. The molecule has 0 aromatic heterocycles. The van der Waals surface area contributed by atoms with E-state index in [1.807, 2.05) is 0 Å². The van der Waals surface area contributed by atoms with Crippen LogP contribution < -0.4 is 5.73 Å². The highest BCUT2D eigenvalue weighted by Crippen LogP contribution is 2.42. The molecule has 0 saturated heterocycles. The van der Waals surface area contributed by atoms with Crippen LogP contribution in [0, 0.1) is 11.3 Å². The van der Waals surface area contributed by atoms with Crippen molar-refractivity contribution in [3.63, 3.8) is 0 Å². The van der Waals surface area contributed by atoms with Gasteiger partial charge in [0, 0.05) is 6.54 Å². The van der Waals surface area contributed by atoms with Gasteiger partial charge < -0.3 is 5.73 Å². The van der Waals surface area contributed by atoms with Crippen LogP contribution >= 0.6 is 0 Å². The van der Waals surface area contributed by atoms with E-state index in [4.69, 9.17) is 5.73 Å². The molecule has 1 unspecified atom stereocenters. The van der Waals surface area contributed by atoms with E-state index in [-0.39, 0.29) is 5.41 Å². The van der Waals surface area contributed by atoms with Gasteiger partial charge in [0.25, 0.3) is 0 Å². The summed E-state index contributed by atoms with van der Waals surface area (Å²) >= 11 is 0. The maximum absolute atomic E-state index is 6.03. The molecule has 0 heterocycles. The second-order valence-corrected chi connectivity index (χ2v) is 6.47. The van der Waals surface area contributed by atoms with Gasteiger partial charge in [-0.15, -0.1) is 0 Å². The molecule has 1 heteroatoms. The zero-order chi connectivity index (χ0) is 12.1. The van der Waals surface area contributed by atoms with E-state index in [1.165, 1.54) is 64.2 Å². The molecule has 1 fully saturated rings.